The van der Waals surface area contributed by atoms with Crippen LogP contribution in [0.4, 0.5) is 0 Å². The number of likely N-dealkylation sites (N-methyl/N-ethyl adjacent to an activating group) is 2. The quantitative estimate of drug-likeness (QED) is 0.656. The van der Waals surface area contributed by atoms with Crippen LogP contribution in [0.15, 0.2) is 0 Å². The highest BCUT2D eigenvalue weighted by Gasteiger charge is 2.17. The molecule has 0 aliphatic rings. The highest BCUT2D eigenvalue weighted by atomic mass is 32.2. The van der Waals surface area contributed by atoms with Gasteiger partial charge in [0.25, 0.3) is 0 Å². The van der Waals surface area contributed by atoms with Crippen molar-refractivity contribution in [2.45, 2.75) is 13.8 Å². The molecule has 0 heterocycles. The lowest BCUT2D eigenvalue weighted by Crippen LogP contribution is -2.38. The van der Waals surface area contributed by atoms with E-state index in [9.17, 15) is 13.2 Å². The molecule has 5 nitrogen and oxygen atoms in total. The summed E-state index contributed by atoms with van der Waals surface area (Å²) in [6.07, 6.45) is 0. The minimum atomic E-state index is -3.24. The minimum absolute atomic E-state index is 0.0168. The van der Waals surface area contributed by atoms with E-state index in [0.717, 1.165) is 4.31 Å². The summed E-state index contributed by atoms with van der Waals surface area (Å²) in [4.78, 5) is 11.0. The molecule has 0 atom stereocenters. The summed E-state index contributed by atoms with van der Waals surface area (Å²) in [6, 6.07) is 0. The van der Waals surface area contributed by atoms with Gasteiger partial charge in [-0.25, -0.2) is 8.42 Å². The van der Waals surface area contributed by atoms with E-state index >= 15 is 0 Å². The zero-order valence-corrected chi connectivity index (χ0v) is 9.02. The third-order valence-electron chi connectivity index (χ3n) is 1.58. The van der Waals surface area contributed by atoms with E-state index in [1.54, 1.807) is 13.8 Å². The first-order chi connectivity index (χ1) is 5.94. The van der Waals surface area contributed by atoms with Crippen LogP contribution in [-0.4, -0.2) is 44.5 Å². The molecule has 0 saturated carbocycles. The van der Waals surface area contributed by atoms with Crippen molar-refractivity contribution in [2.24, 2.45) is 0 Å². The lowest BCUT2D eigenvalue weighted by atomic mass is 10.5. The molecular weight excluding hydrogens is 192 g/mol. The number of nitrogens with zero attached hydrogens (tertiary/aromatic N) is 1. The molecule has 0 aliphatic carbocycles. The number of nitrogens with one attached hydrogen (secondary N) is 1. The fraction of sp³-hybridized carbons (Fsp3) is 0.857. The van der Waals surface area contributed by atoms with Crippen molar-refractivity contribution in [3.05, 3.63) is 0 Å². The highest BCUT2D eigenvalue weighted by molar-refractivity contribution is 7.89. The van der Waals surface area contributed by atoms with Gasteiger partial charge in [-0.3, -0.25) is 4.79 Å². The SMILES string of the molecule is CCNC(=O)CN(C)S(=O)(=O)CC. The highest BCUT2D eigenvalue weighted by Crippen LogP contribution is 1.95. The van der Waals surface area contributed by atoms with Crippen LogP contribution in [0.3, 0.4) is 0 Å². The van der Waals surface area contributed by atoms with Gasteiger partial charge in [0, 0.05) is 13.6 Å². The summed E-state index contributed by atoms with van der Waals surface area (Å²) in [6.45, 7) is 3.73. The molecule has 0 bridgehead atoms. The first kappa shape index (κ1) is 12.4. The summed E-state index contributed by atoms with van der Waals surface area (Å²) < 4.78 is 23.4. The number of sulfonamides is 1. The molecule has 0 aromatic rings. The van der Waals surface area contributed by atoms with Crippen molar-refractivity contribution in [3.8, 4) is 0 Å². The molecular formula is C7H16N2O3S. The summed E-state index contributed by atoms with van der Waals surface area (Å²) in [5, 5.41) is 2.53. The Morgan fingerprint density at radius 3 is 2.31 bits per heavy atom. The third-order valence-corrected chi connectivity index (χ3v) is 3.39. The molecule has 0 rings (SSSR count). The monoisotopic (exact) mass is 208 g/mol. The van der Waals surface area contributed by atoms with Crippen molar-refractivity contribution in [1.82, 2.24) is 9.62 Å². The Bertz CT molecular complexity index is 261. The maximum absolute atomic E-state index is 11.2. The zero-order valence-electron chi connectivity index (χ0n) is 8.20. The molecule has 0 aliphatic heterocycles. The van der Waals surface area contributed by atoms with E-state index in [2.05, 4.69) is 5.32 Å². The first-order valence-corrected chi connectivity index (χ1v) is 5.75. The minimum Gasteiger partial charge on any atom is -0.355 e. The van der Waals surface area contributed by atoms with Crippen LogP contribution < -0.4 is 5.32 Å². The summed E-state index contributed by atoms with van der Waals surface area (Å²) in [5.74, 6) is -0.259. The van der Waals surface area contributed by atoms with E-state index < -0.39 is 10.0 Å². The van der Waals surface area contributed by atoms with Crippen LogP contribution in [0.1, 0.15) is 13.8 Å². The lowest BCUT2D eigenvalue weighted by molar-refractivity contribution is -0.121. The normalized spacial score (nSPS) is 11.7. The number of carbonyl (C=O) groups excluding carboxylic acids is 1. The predicted octanol–water partition coefficient (Wildman–Crippen LogP) is -0.596. The Labute approximate surface area is 79.2 Å². The lowest BCUT2D eigenvalue weighted by Gasteiger charge is -2.14. The van der Waals surface area contributed by atoms with Gasteiger partial charge in [-0.15, -0.1) is 0 Å². The van der Waals surface area contributed by atoms with Gasteiger partial charge in [0.1, 0.15) is 0 Å². The third kappa shape index (κ3) is 4.23. The standard InChI is InChI=1S/C7H16N2O3S/c1-4-8-7(10)6-9(3)13(11,12)5-2/h4-6H2,1-3H3,(H,8,10). The Morgan fingerprint density at radius 2 is 1.92 bits per heavy atom. The van der Waals surface area contributed by atoms with E-state index in [0.29, 0.717) is 6.54 Å². The van der Waals surface area contributed by atoms with Gasteiger partial charge < -0.3 is 5.32 Å². The number of rotatable bonds is 5. The fourth-order valence-electron chi connectivity index (χ4n) is 0.774. The Morgan fingerprint density at radius 1 is 1.38 bits per heavy atom. The average molecular weight is 208 g/mol. The summed E-state index contributed by atoms with van der Waals surface area (Å²) >= 11 is 0. The number of hydrogen-bond donors (Lipinski definition) is 1. The van der Waals surface area contributed by atoms with Crippen LogP contribution in [0, 0.1) is 0 Å². The van der Waals surface area contributed by atoms with E-state index in [1.165, 1.54) is 7.05 Å². The van der Waals surface area contributed by atoms with Gasteiger partial charge >= 0.3 is 0 Å². The zero-order chi connectivity index (χ0) is 10.5. The number of amides is 1. The first-order valence-electron chi connectivity index (χ1n) is 4.14. The molecule has 0 fully saturated rings. The second kappa shape index (κ2) is 5.18. The Kier molecular flexibility index (Phi) is 4.94. The van der Waals surface area contributed by atoms with Crippen molar-refractivity contribution in [2.75, 3.05) is 25.9 Å². The molecule has 0 aromatic heterocycles. The molecule has 0 saturated heterocycles. The topological polar surface area (TPSA) is 66.5 Å². The smallest absolute Gasteiger partial charge is 0.235 e. The van der Waals surface area contributed by atoms with Crippen LogP contribution >= 0.6 is 0 Å². The van der Waals surface area contributed by atoms with Gasteiger partial charge in [-0.05, 0) is 13.8 Å². The number of carbonyl (C=O) groups is 1. The van der Waals surface area contributed by atoms with Gasteiger partial charge in [0.15, 0.2) is 0 Å². The molecule has 13 heavy (non-hydrogen) atoms. The van der Waals surface area contributed by atoms with Crippen LogP contribution in [0.2, 0.25) is 0 Å². The molecule has 0 radical (unpaired) electrons. The molecule has 0 unspecified atom stereocenters. The second-order valence-corrected chi connectivity index (χ2v) is 4.97. The summed E-state index contributed by atoms with van der Waals surface area (Å²) in [5.41, 5.74) is 0. The maximum Gasteiger partial charge on any atom is 0.235 e. The molecule has 78 valence electrons. The van der Waals surface area contributed by atoms with E-state index in [1.807, 2.05) is 0 Å². The second-order valence-electron chi connectivity index (χ2n) is 2.61. The summed E-state index contributed by atoms with van der Waals surface area (Å²) in [7, 11) is -1.84. The fourth-order valence-corrected chi connectivity index (χ4v) is 1.53. The van der Waals surface area contributed by atoms with Crippen LogP contribution in [0.5, 0.6) is 0 Å². The van der Waals surface area contributed by atoms with E-state index in [-0.39, 0.29) is 18.2 Å². The van der Waals surface area contributed by atoms with Gasteiger partial charge in [-0.2, -0.15) is 4.31 Å². The average Bonchev–Trinajstić information content (AvgIpc) is 2.04. The maximum atomic E-state index is 11.2. The van der Waals surface area contributed by atoms with Crippen molar-refractivity contribution in [3.63, 3.8) is 0 Å². The van der Waals surface area contributed by atoms with Crippen molar-refractivity contribution in [1.29, 1.82) is 0 Å². The molecule has 1 amide bonds. The van der Waals surface area contributed by atoms with Crippen LogP contribution in [-0.2, 0) is 14.8 Å². The van der Waals surface area contributed by atoms with Gasteiger partial charge in [-0.1, -0.05) is 0 Å². The largest absolute Gasteiger partial charge is 0.355 e. The Balaban J connectivity index is 4.16. The van der Waals surface area contributed by atoms with Gasteiger partial charge in [0.2, 0.25) is 15.9 Å². The molecule has 6 heteroatoms. The number of hydrogen-bond acceptors (Lipinski definition) is 3. The molecule has 0 aromatic carbocycles. The predicted molar refractivity (Wildman–Crippen MR) is 50.8 cm³/mol. The van der Waals surface area contributed by atoms with E-state index in [4.69, 9.17) is 0 Å². The van der Waals surface area contributed by atoms with Crippen LogP contribution in [0.25, 0.3) is 0 Å². The van der Waals surface area contributed by atoms with Gasteiger partial charge in [0.05, 0.1) is 12.3 Å². The molecule has 0 spiro atoms. The Hall–Kier alpha value is -0.620. The van der Waals surface area contributed by atoms with Crippen molar-refractivity contribution >= 4 is 15.9 Å². The van der Waals surface area contributed by atoms with Crippen molar-refractivity contribution < 1.29 is 13.2 Å². The molecule has 1 N–H and O–H groups in total.